The number of nitrogens with one attached hydrogen (secondary N) is 1. The third kappa shape index (κ3) is 3.13. The highest BCUT2D eigenvalue weighted by molar-refractivity contribution is 6.38. The summed E-state index contributed by atoms with van der Waals surface area (Å²) in [5, 5.41) is 4.87. The standard InChI is InChI=1S/C17H14Cl2N4O/c1-10-6-7-23-15(8-10)21-11(2)16(23)17(24)22-20-9-12-13(18)4-3-5-14(12)19/h3-9H,1-2H3,(H,22,24)/b20-9-. The Bertz CT molecular complexity index is 942. The van der Waals surface area contributed by atoms with Crippen LogP contribution in [-0.2, 0) is 0 Å². The summed E-state index contributed by atoms with van der Waals surface area (Å²) in [6, 6.07) is 8.97. The summed E-state index contributed by atoms with van der Waals surface area (Å²) in [6.45, 7) is 3.76. The van der Waals surface area contributed by atoms with Crippen LogP contribution in [0.1, 0.15) is 27.3 Å². The van der Waals surface area contributed by atoms with Crippen LogP contribution in [0.15, 0.2) is 41.6 Å². The van der Waals surface area contributed by atoms with E-state index in [4.69, 9.17) is 23.2 Å². The topological polar surface area (TPSA) is 58.8 Å². The minimum atomic E-state index is -0.358. The number of hydrazone groups is 1. The molecule has 1 N–H and O–H groups in total. The summed E-state index contributed by atoms with van der Waals surface area (Å²) >= 11 is 12.1. The van der Waals surface area contributed by atoms with E-state index in [0.717, 1.165) is 11.2 Å². The number of hydrogen-bond donors (Lipinski definition) is 1. The first-order valence-electron chi connectivity index (χ1n) is 7.20. The smallest absolute Gasteiger partial charge is 0.290 e. The zero-order chi connectivity index (χ0) is 17.3. The van der Waals surface area contributed by atoms with E-state index >= 15 is 0 Å². The van der Waals surface area contributed by atoms with E-state index in [1.165, 1.54) is 6.21 Å². The molecule has 0 atom stereocenters. The number of nitrogens with zero attached hydrogens (tertiary/aromatic N) is 3. The van der Waals surface area contributed by atoms with Gasteiger partial charge in [-0.2, -0.15) is 5.10 Å². The lowest BCUT2D eigenvalue weighted by atomic mass is 10.2. The number of carbonyl (C=O) groups excluding carboxylic acids is 1. The van der Waals surface area contributed by atoms with Crippen LogP contribution in [0.3, 0.4) is 0 Å². The summed E-state index contributed by atoms with van der Waals surface area (Å²) in [5.41, 5.74) is 5.90. The average Bonchev–Trinajstić information content (AvgIpc) is 2.85. The lowest BCUT2D eigenvalue weighted by molar-refractivity contribution is 0.0948. The molecule has 0 saturated heterocycles. The van der Waals surface area contributed by atoms with Gasteiger partial charge in [-0.3, -0.25) is 9.20 Å². The monoisotopic (exact) mass is 360 g/mol. The van der Waals surface area contributed by atoms with Gasteiger partial charge in [0.1, 0.15) is 11.3 Å². The first-order valence-corrected chi connectivity index (χ1v) is 7.95. The van der Waals surface area contributed by atoms with Crippen LogP contribution in [0.2, 0.25) is 10.0 Å². The Morgan fingerprint density at radius 3 is 2.67 bits per heavy atom. The molecule has 0 aliphatic carbocycles. The third-order valence-electron chi connectivity index (χ3n) is 3.53. The van der Waals surface area contributed by atoms with Gasteiger partial charge in [0.05, 0.1) is 22.0 Å². The Morgan fingerprint density at radius 1 is 1.25 bits per heavy atom. The second-order valence-electron chi connectivity index (χ2n) is 5.31. The molecule has 1 amide bonds. The van der Waals surface area contributed by atoms with Crippen LogP contribution < -0.4 is 5.43 Å². The molecule has 0 fully saturated rings. The molecule has 0 saturated carbocycles. The first-order chi connectivity index (χ1) is 11.5. The van der Waals surface area contributed by atoms with Gasteiger partial charge >= 0.3 is 0 Å². The normalized spacial score (nSPS) is 11.3. The van der Waals surface area contributed by atoms with Crippen LogP contribution in [0, 0.1) is 13.8 Å². The van der Waals surface area contributed by atoms with E-state index < -0.39 is 0 Å². The fourth-order valence-corrected chi connectivity index (χ4v) is 2.88. The van der Waals surface area contributed by atoms with Crippen LogP contribution >= 0.6 is 23.2 Å². The molecule has 122 valence electrons. The van der Waals surface area contributed by atoms with Crippen LogP contribution in [0.25, 0.3) is 5.65 Å². The zero-order valence-corrected chi connectivity index (χ0v) is 14.6. The summed E-state index contributed by atoms with van der Waals surface area (Å²) < 4.78 is 1.73. The van der Waals surface area contributed by atoms with Crippen molar-refractivity contribution in [2.45, 2.75) is 13.8 Å². The number of benzene rings is 1. The molecule has 1 aromatic carbocycles. The van der Waals surface area contributed by atoms with Crippen molar-refractivity contribution in [3.05, 3.63) is 69.1 Å². The van der Waals surface area contributed by atoms with Crippen LogP contribution in [0.4, 0.5) is 0 Å². The van der Waals surface area contributed by atoms with Crippen LogP contribution in [0.5, 0.6) is 0 Å². The predicted octanol–water partition coefficient (Wildman–Crippen LogP) is 4.02. The highest BCUT2D eigenvalue weighted by Crippen LogP contribution is 2.22. The molecule has 2 aromatic heterocycles. The maximum atomic E-state index is 12.4. The molecule has 3 aromatic rings. The Morgan fingerprint density at radius 2 is 1.96 bits per heavy atom. The molecular formula is C17H14Cl2N4O. The Hall–Kier alpha value is -2.37. The molecular weight excluding hydrogens is 347 g/mol. The molecule has 0 aliphatic rings. The van der Waals surface area contributed by atoms with Gasteiger partial charge in [-0.15, -0.1) is 0 Å². The predicted molar refractivity (Wildman–Crippen MR) is 96.2 cm³/mol. The highest BCUT2D eigenvalue weighted by atomic mass is 35.5. The van der Waals surface area contributed by atoms with Gasteiger partial charge in [0.15, 0.2) is 0 Å². The van der Waals surface area contributed by atoms with E-state index in [2.05, 4.69) is 15.5 Å². The summed E-state index contributed by atoms with van der Waals surface area (Å²) in [6.07, 6.45) is 3.24. The van der Waals surface area contributed by atoms with E-state index in [1.54, 1.807) is 29.5 Å². The maximum absolute atomic E-state index is 12.4. The Kier molecular flexibility index (Phi) is 4.55. The summed E-state index contributed by atoms with van der Waals surface area (Å²) in [5.74, 6) is -0.358. The Labute approximate surface area is 148 Å². The number of rotatable bonds is 3. The number of pyridine rings is 1. The van der Waals surface area contributed by atoms with Gasteiger partial charge in [0.25, 0.3) is 5.91 Å². The van der Waals surface area contributed by atoms with Gasteiger partial charge in [0, 0.05) is 11.8 Å². The number of imidazole rings is 1. The van der Waals surface area contributed by atoms with E-state index in [1.807, 2.05) is 25.3 Å². The molecule has 2 heterocycles. The third-order valence-corrected chi connectivity index (χ3v) is 4.19. The SMILES string of the molecule is Cc1ccn2c(C(=O)N/N=C\c3c(Cl)cccc3Cl)c(C)nc2c1. The van der Waals surface area contributed by atoms with Crippen molar-refractivity contribution in [3.63, 3.8) is 0 Å². The van der Waals surface area contributed by atoms with Crippen molar-refractivity contribution in [3.8, 4) is 0 Å². The van der Waals surface area contributed by atoms with Gasteiger partial charge in [0.2, 0.25) is 0 Å². The highest BCUT2D eigenvalue weighted by Gasteiger charge is 2.16. The molecule has 0 unspecified atom stereocenters. The molecule has 0 aliphatic heterocycles. The van der Waals surface area contributed by atoms with Crippen molar-refractivity contribution < 1.29 is 4.79 Å². The fourth-order valence-electron chi connectivity index (χ4n) is 2.38. The molecule has 0 spiro atoms. The van der Waals surface area contributed by atoms with Crippen molar-refractivity contribution >= 4 is 41.0 Å². The average molecular weight is 361 g/mol. The van der Waals surface area contributed by atoms with E-state index in [9.17, 15) is 4.79 Å². The number of aromatic nitrogens is 2. The Balaban J connectivity index is 1.86. The molecule has 7 heteroatoms. The second kappa shape index (κ2) is 6.63. The number of fused-ring (bicyclic) bond motifs is 1. The van der Waals surface area contributed by atoms with Crippen molar-refractivity contribution in [1.29, 1.82) is 0 Å². The molecule has 24 heavy (non-hydrogen) atoms. The largest absolute Gasteiger partial charge is 0.295 e. The summed E-state index contributed by atoms with van der Waals surface area (Å²) in [4.78, 5) is 16.8. The zero-order valence-electron chi connectivity index (χ0n) is 13.0. The molecule has 3 rings (SSSR count). The maximum Gasteiger partial charge on any atom is 0.290 e. The van der Waals surface area contributed by atoms with E-state index in [-0.39, 0.29) is 5.91 Å². The first kappa shape index (κ1) is 16.5. The minimum Gasteiger partial charge on any atom is -0.295 e. The number of carbonyl (C=O) groups is 1. The van der Waals surface area contributed by atoms with Gasteiger partial charge < -0.3 is 0 Å². The van der Waals surface area contributed by atoms with E-state index in [0.29, 0.717) is 27.0 Å². The number of amides is 1. The minimum absolute atomic E-state index is 0.358. The van der Waals surface area contributed by atoms with Gasteiger partial charge in [-0.25, -0.2) is 10.4 Å². The van der Waals surface area contributed by atoms with Gasteiger partial charge in [-0.05, 0) is 43.7 Å². The van der Waals surface area contributed by atoms with Gasteiger partial charge in [-0.1, -0.05) is 29.3 Å². The van der Waals surface area contributed by atoms with Crippen LogP contribution in [-0.4, -0.2) is 21.5 Å². The van der Waals surface area contributed by atoms with Crippen molar-refractivity contribution in [1.82, 2.24) is 14.8 Å². The molecule has 0 radical (unpaired) electrons. The number of halogens is 2. The summed E-state index contributed by atoms with van der Waals surface area (Å²) in [7, 11) is 0. The van der Waals surface area contributed by atoms with Crippen molar-refractivity contribution in [2.75, 3.05) is 0 Å². The lowest BCUT2D eigenvalue weighted by Gasteiger charge is -2.03. The number of aryl methyl sites for hydroxylation is 2. The van der Waals surface area contributed by atoms with Crippen molar-refractivity contribution in [2.24, 2.45) is 5.10 Å². The molecule has 5 nitrogen and oxygen atoms in total. The second-order valence-corrected chi connectivity index (χ2v) is 6.13. The molecule has 0 bridgehead atoms. The quantitative estimate of drug-likeness (QED) is 0.566. The lowest BCUT2D eigenvalue weighted by Crippen LogP contribution is -2.20. The number of hydrogen-bond acceptors (Lipinski definition) is 3. The fraction of sp³-hybridized carbons (Fsp3) is 0.118.